The molecule has 28 heavy (non-hydrogen) atoms. The van der Waals surface area contributed by atoms with Gasteiger partial charge in [0.15, 0.2) is 0 Å². The molecule has 1 aromatic heterocycles. The van der Waals surface area contributed by atoms with E-state index in [2.05, 4.69) is 10.3 Å². The van der Waals surface area contributed by atoms with Crippen LogP contribution in [0.3, 0.4) is 0 Å². The third kappa shape index (κ3) is 5.42. The third-order valence-corrected chi connectivity index (χ3v) is 4.32. The molecule has 146 valence electrons. The van der Waals surface area contributed by atoms with Crippen LogP contribution in [0.15, 0.2) is 85.1 Å². The summed E-state index contributed by atoms with van der Waals surface area (Å²) in [7, 11) is 1.64. The zero-order valence-electron chi connectivity index (χ0n) is 15.8. The van der Waals surface area contributed by atoms with Gasteiger partial charge in [-0.25, -0.2) is 28.9 Å². The largest absolute Gasteiger partial charge is 2.00 e. The van der Waals surface area contributed by atoms with E-state index in [0.29, 0.717) is 12.2 Å². The molecule has 5 nitrogen and oxygen atoms in total. The predicted molar refractivity (Wildman–Crippen MR) is 105 cm³/mol. The summed E-state index contributed by atoms with van der Waals surface area (Å²) < 4.78 is 6.86. The molecule has 1 unspecified atom stereocenters. The van der Waals surface area contributed by atoms with Crippen LogP contribution in [0, 0.1) is 0 Å². The Morgan fingerprint density at radius 1 is 1.07 bits per heavy atom. The third-order valence-electron chi connectivity index (χ3n) is 4.32. The molecule has 4 rings (SSSR count). The first-order valence-electron chi connectivity index (χ1n) is 8.74. The van der Waals surface area contributed by atoms with Crippen molar-refractivity contribution < 1.29 is 26.9 Å². The first kappa shape index (κ1) is 21.6. The van der Waals surface area contributed by atoms with E-state index in [1.807, 2.05) is 78.9 Å². The Hall–Kier alpha value is -2.66. The van der Waals surface area contributed by atoms with Crippen molar-refractivity contribution in [2.24, 2.45) is 0 Å². The van der Waals surface area contributed by atoms with Crippen molar-refractivity contribution in [3.63, 3.8) is 0 Å². The summed E-state index contributed by atoms with van der Waals surface area (Å²) >= 11 is 0. The molecule has 1 atom stereocenters. The van der Waals surface area contributed by atoms with Gasteiger partial charge in [-0.3, -0.25) is 0 Å². The Balaban J connectivity index is 0.000000408. The van der Waals surface area contributed by atoms with E-state index >= 15 is 0 Å². The van der Waals surface area contributed by atoms with E-state index in [9.17, 15) is 5.11 Å². The minimum atomic E-state index is -1.14. The molecule has 1 N–H and O–H groups in total. The van der Waals surface area contributed by atoms with Gasteiger partial charge >= 0.3 is 17.1 Å². The molecule has 0 saturated carbocycles. The van der Waals surface area contributed by atoms with E-state index in [1.165, 1.54) is 0 Å². The predicted octanol–water partition coefficient (Wildman–Crippen LogP) is 3.71. The van der Waals surface area contributed by atoms with E-state index in [-0.39, 0.29) is 17.1 Å². The van der Waals surface area contributed by atoms with Gasteiger partial charge in [0.1, 0.15) is 17.0 Å². The molecule has 0 radical (unpaired) electrons. The van der Waals surface area contributed by atoms with Gasteiger partial charge in [0.05, 0.1) is 19.9 Å². The number of ether oxygens (including phenoxy) is 1. The number of methoxy groups -OCH3 is 1. The Labute approximate surface area is 175 Å². The maximum absolute atomic E-state index is 10.7. The molecule has 0 spiro atoms. The Kier molecular flexibility index (Phi) is 7.76. The molecule has 3 aromatic carbocycles. The van der Waals surface area contributed by atoms with Crippen molar-refractivity contribution in [2.45, 2.75) is 19.1 Å². The fourth-order valence-corrected chi connectivity index (χ4v) is 2.68. The number of nitrogens with zero attached hydrogens (tertiary/aromatic N) is 3. The number of aromatic nitrogens is 3. The molecule has 6 heteroatoms. The zero-order chi connectivity index (χ0) is 19.1. The molecule has 0 aliphatic rings. The summed E-state index contributed by atoms with van der Waals surface area (Å²) in [5, 5.41) is 18.9. The summed E-state index contributed by atoms with van der Waals surface area (Å²) in [4.78, 5) is 0. The van der Waals surface area contributed by atoms with Gasteiger partial charge in [-0.05, 0) is 24.6 Å². The van der Waals surface area contributed by atoms with Crippen LogP contribution in [0.1, 0.15) is 23.7 Å². The quantitative estimate of drug-likeness (QED) is 0.397. The molecule has 1 heterocycles. The van der Waals surface area contributed by atoms with Crippen LogP contribution in [-0.4, -0.2) is 27.2 Å². The SMILES string of the molecule is COc1ccc(Cn2cc(C(C)(O)c3ccc[cH-]3)nn2)cc1.[Fe+2].c1cc[cH-]c1. The van der Waals surface area contributed by atoms with Gasteiger partial charge in [-0.1, -0.05) is 17.3 Å². The first-order valence-corrected chi connectivity index (χ1v) is 8.74. The first-order chi connectivity index (χ1) is 13.1. The van der Waals surface area contributed by atoms with Crippen LogP contribution in [0.5, 0.6) is 5.75 Å². The number of hydrogen-bond acceptors (Lipinski definition) is 4. The fourth-order valence-electron chi connectivity index (χ4n) is 2.68. The van der Waals surface area contributed by atoms with Crippen LogP contribution < -0.4 is 4.74 Å². The van der Waals surface area contributed by atoms with E-state index < -0.39 is 5.60 Å². The average molecular weight is 417 g/mol. The molecule has 0 aliphatic carbocycles. The molecular weight excluding hydrogens is 394 g/mol. The number of aliphatic hydroxyl groups is 1. The summed E-state index contributed by atoms with van der Waals surface area (Å²) in [6.45, 7) is 2.32. The number of benzene rings is 1. The summed E-state index contributed by atoms with van der Waals surface area (Å²) in [5.41, 5.74) is 1.29. The Bertz CT molecular complexity index is 894. The maximum Gasteiger partial charge on any atom is 2.00 e. The standard InChI is InChI=1S/C17H18N3O2.C5H5.Fe/c1-17(21,14-5-3-4-6-14)16-12-20(19-18-16)11-13-7-9-15(22-2)10-8-13;1-2-4-5-3-1;/h3-10,12,21H,11H2,1-2H3;1-5H;/q2*-1;+2. The van der Waals surface area contributed by atoms with E-state index in [4.69, 9.17) is 4.74 Å². The van der Waals surface area contributed by atoms with Crippen molar-refractivity contribution in [1.29, 1.82) is 0 Å². The monoisotopic (exact) mass is 417 g/mol. The van der Waals surface area contributed by atoms with E-state index in [1.54, 1.807) is 24.9 Å². The van der Waals surface area contributed by atoms with Crippen molar-refractivity contribution in [2.75, 3.05) is 7.11 Å². The average Bonchev–Trinajstić information content (AvgIpc) is 3.46. The second kappa shape index (κ2) is 10.0. The fraction of sp³-hybridized carbons (Fsp3) is 0.182. The van der Waals surface area contributed by atoms with Gasteiger partial charge in [0, 0.05) is 0 Å². The zero-order valence-corrected chi connectivity index (χ0v) is 16.9. The van der Waals surface area contributed by atoms with Gasteiger partial charge in [0.25, 0.3) is 0 Å². The minimum absolute atomic E-state index is 0. The van der Waals surface area contributed by atoms with Crippen LogP contribution in [0.25, 0.3) is 0 Å². The smallest absolute Gasteiger partial charge is 0.497 e. The van der Waals surface area contributed by atoms with Gasteiger partial charge < -0.3 is 9.84 Å². The second-order valence-electron chi connectivity index (χ2n) is 6.36. The summed E-state index contributed by atoms with van der Waals surface area (Å²) in [6.07, 6.45) is 1.78. The molecule has 0 amide bonds. The van der Waals surface area contributed by atoms with Crippen LogP contribution in [0.4, 0.5) is 0 Å². The van der Waals surface area contributed by atoms with Crippen molar-refractivity contribution in [3.05, 3.63) is 102 Å². The second-order valence-corrected chi connectivity index (χ2v) is 6.36. The Morgan fingerprint density at radius 3 is 2.32 bits per heavy atom. The van der Waals surface area contributed by atoms with E-state index in [0.717, 1.165) is 16.9 Å². The van der Waals surface area contributed by atoms with Crippen LogP contribution in [-0.2, 0) is 29.2 Å². The van der Waals surface area contributed by atoms with Crippen LogP contribution >= 0.6 is 0 Å². The molecule has 4 aromatic rings. The van der Waals surface area contributed by atoms with Crippen molar-refractivity contribution in [1.82, 2.24) is 15.0 Å². The summed E-state index contributed by atoms with van der Waals surface area (Å²) in [6, 6.07) is 25.3. The number of rotatable bonds is 5. The molecule has 0 fully saturated rings. The van der Waals surface area contributed by atoms with Gasteiger partial charge in [0.2, 0.25) is 0 Å². The van der Waals surface area contributed by atoms with Crippen molar-refractivity contribution >= 4 is 0 Å². The topological polar surface area (TPSA) is 60.2 Å². The molecule has 0 saturated heterocycles. The summed E-state index contributed by atoms with van der Waals surface area (Å²) in [5.74, 6) is 0.821. The molecular formula is C22H23FeN3O2. The maximum atomic E-state index is 10.7. The van der Waals surface area contributed by atoms with Gasteiger partial charge in [-0.15, -0.1) is 10.7 Å². The van der Waals surface area contributed by atoms with Gasteiger partial charge in [-0.2, -0.15) is 30.3 Å². The van der Waals surface area contributed by atoms with Crippen molar-refractivity contribution in [3.8, 4) is 5.75 Å². The van der Waals surface area contributed by atoms with Crippen LogP contribution in [0.2, 0.25) is 0 Å². The Morgan fingerprint density at radius 2 is 1.79 bits per heavy atom. The molecule has 0 aliphatic heterocycles. The minimum Gasteiger partial charge on any atom is -0.497 e. The normalized spacial score (nSPS) is 12.2. The molecule has 0 bridgehead atoms. The number of hydrogen-bond donors (Lipinski definition) is 1.